The Labute approximate surface area is 129 Å². The van der Waals surface area contributed by atoms with Crippen molar-refractivity contribution >= 4 is 22.5 Å². The monoisotopic (exact) mass is 291 g/mol. The summed E-state index contributed by atoms with van der Waals surface area (Å²) in [7, 11) is 0. The molecule has 3 N–H and O–H groups in total. The standard InChI is InChI=1S/C18H17N3O/c1-12-9-16(15-7-2-3-8-17(15)20-12)18(22)21-14-6-4-5-13(10-14)11-19/h2-10H,11,19H2,1H3,(H,21,22). The van der Waals surface area contributed by atoms with E-state index in [0.717, 1.165) is 27.8 Å². The minimum atomic E-state index is -0.143. The first-order chi connectivity index (χ1) is 10.7. The number of amides is 1. The smallest absolute Gasteiger partial charge is 0.256 e. The zero-order valence-electron chi connectivity index (χ0n) is 12.3. The van der Waals surface area contributed by atoms with Crippen molar-refractivity contribution in [3.05, 3.63) is 71.4 Å². The highest BCUT2D eigenvalue weighted by molar-refractivity contribution is 6.12. The van der Waals surface area contributed by atoms with Crippen LogP contribution in [-0.4, -0.2) is 10.9 Å². The van der Waals surface area contributed by atoms with Gasteiger partial charge in [0.2, 0.25) is 0 Å². The highest BCUT2D eigenvalue weighted by atomic mass is 16.1. The summed E-state index contributed by atoms with van der Waals surface area (Å²) in [5, 5.41) is 3.78. The van der Waals surface area contributed by atoms with Crippen molar-refractivity contribution in [3.63, 3.8) is 0 Å². The number of nitrogens with two attached hydrogens (primary N) is 1. The summed E-state index contributed by atoms with van der Waals surface area (Å²) < 4.78 is 0. The zero-order chi connectivity index (χ0) is 15.5. The van der Waals surface area contributed by atoms with Gasteiger partial charge in [-0.05, 0) is 36.8 Å². The lowest BCUT2D eigenvalue weighted by Crippen LogP contribution is -2.13. The van der Waals surface area contributed by atoms with E-state index < -0.39 is 0 Å². The Hall–Kier alpha value is -2.72. The Morgan fingerprint density at radius 1 is 1.14 bits per heavy atom. The van der Waals surface area contributed by atoms with Crippen molar-refractivity contribution in [2.45, 2.75) is 13.5 Å². The number of aromatic nitrogens is 1. The van der Waals surface area contributed by atoms with Gasteiger partial charge in [0.15, 0.2) is 0 Å². The summed E-state index contributed by atoms with van der Waals surface area (Å²) in [4.78, 5) is 17.1. The number of hydrogen-bond donors (Lipinski definition) is 2. The molecule has 0 aliphatic heterocycles. The molecule has 22 heavy (non-hydrogen) atoms. The van der Waals surface area contributed by atoms with E-state index in [0.29, 0.717) is 12.1 Å². The molecule has 0 unspecified atom stereocenters. The molecule has 1 heterocycles. The lowest BCUT2D eigenvalue weighted by Gasteiger charge is -2.10. The topological polar surface area (TPSA) is 68.0 Å². The van der Waals surface area contributed by atoms with Crippen LogP contribution in [0.15, 0.2) is 54.6 Å². The largest absolute Gasteiger partial charge is 0.326 e. The highest BCUT2D eigenvalue weighted by Crippen LogP contribution is 2.20. The molecule has 4 heteroatoms. The van der Waals surface area contributed by atoms with Crippen LogP contribution in [0.2, 0.25) is 0 Å². The van der Waals surface area contributed by atoms with Crippen LogP contribution in [0.5, 0.6) is 0 Å². The van der Waals surface area contributed by atoms with E-state index in [1.54, 1.807) is 0 Å². The van der Waals surface area contributed by atoms with Crippen LogP contribution in [0.1, 0.15) is 21.6 Å². The van der Waals surface area contributed by atoms with Crippen LogP contribution >= 0.6 is 0 Å². The first kappa shape index (κ1) is 14.2. The third-order valence-electron chi connectivity index (χ3n) is 3.51. The van der Waals surface area contributed by atoms with Gasteiger partial charge in [-0.1, -0.05) is 30.3 Å². The second-order valence-electron chi connectivity index (χ2n) is 5.19. The van der Waals surface area contributed by atoms with Gasteiger partial charge < -0.3 is 11.1 Å². The quantitative estimate of drug-likeness (QED) is 0.778. The molecule has 2 aromatic carbocycles. The SMILES string of the molecule is Cc1cc(C(=O)Nc2cccc(CN)c2)c2ccccc2n1. The molecular formula is C18H17N3O. The Balaban J connectivity index is 1.98. The summed E-state index contributed by atoms with van der Waals surface area (Å²) in [6, 6.07) is 17.0. The number of rotatable bonds is 3. The third kappa shape index (κ3) is 2.82. The van der Waals surface area contributed by atoms with E-state index in [1.807, 2.05) is 61.5 Å². The normalized spacial score (nSPS) is 10.6. The van der Waals surface area contributed by atoms with Crippen molar-refractivity contribution in [1.82, 2.24) is 4.98 Å². The van der Waals surface area contributed by atoms with Crippen molar-refractivity contribution in [1.29, 1.82) is 0 Å². The number of carbonyl (C=O) groups is 1. The van der Waals surface area contributed by atoms with Crippen LogP contribution in [-0.2, 0) is 6.54 Å². The fourth-order valence-electron chi connectivity index (χ4n) is 2.47. The summed E-state index contributed by atoms with van der Waals surface area (Å²) in [6.45, 7) is 2.33. The molecule has 3 aromatic rings. The minimum Gasteiger partial charge on any atom is -0.326 e. The maximum atomic E-state index is 12.6. The molecule has 0 aliphatic carbocycles. The molecular weight excluding hydrogens is 274 g/mol. The average Bonchev–Trinajstić information content (AvgIpc) is 2.54. The Morgan fingerprint density at radius 3 is 2.77 bits per heavy atom. The van der Waals surface area contributed by atoms with E-state index in [4.69, 9.17) is 5.73 Å². The number of fused-ring (bicyclic) bond motifs is 1. The minimum absolute atomic E-state index is 0.143. The van der Waals surface area contributed by atoms with E-state index >= 15 is 0 Å². The summed E-state index contributed by atoms with van der Waals surface area (Å²) >= 11 is 0. The Bertz CT molecular complexity index is 843. The maximum absolute atomic E-state index is 12.6. The summed E-state index contributed by atoms with van der Waals surface area (Å²) in [5.41, 5.74) is 9.62. The summed E-state index contributed by atoms with van der Waals surface area (Å²) in [6.07, 6.45) is 0. The van der Waals surface area contributed by atoms with Gasteiger partial charge in [0.25, 0.3) is 5.91 Å². The number of carbonyl (C=O) groups excluding carboxylic acids is 1. The molecule has 0 atom stereocenters. The second-order valence-corrected chi connectivity index (χ2v) is 5.19. The first-order valence-corrected chi connectivity index (χ1v) is 7.14. The van der Waals surface area contributed by atoms with E-state index in [-0.39, 0.29) is 5.91 Å². The average molecular weight is 291 g/mol. The number of nitrogens with zero attached hydrogens (tertiary/aromatic N) is 1. The molecule has 0 bridgehead atoms. The Morgan fingerprint density at radius 2 is 1.95 bits per heavy atom. The number of nitrogens with one attached hydrogen (secondary N) is 1. The Kier molecular flexibility index (Phi) is 3.85. The van der Waals surface area contributed by atoms with Gasteiger partial charge in [0.05, 0.1) is 11.1 Å². The molecule has 0 radical (unpaired) electrons. The van der Waals surface area contributed by atoms with Gasteiger partial charge in [-0.25, -0.2) is 0 Å². The number of para-hydroxylation sites is 1. The predicted molar refractivity (Wildman–Crippen MR) is 88.8 cm³/mol. The van der Waals surface area contributed by atoms with Crippen LogP contribution in [0, 0.1) is 6.92 Å². The number of aryl methyl sites for hydroxylation is 1. The predicted octanol–water partition coefficient (Wildman–Crippen LogP) is 3.25. The lowest BCUT2D eigenvalue weighted by molar-refractivity contribution is 0.102. The summed E-state index contributed by atoms with van der Waals surface area (Å²) in [5.74, 6) is -0.143. The molecule has 0 spiro atoms. The van der Waals surface area contributed by atoms with Gasteiger partial charge in [-0.2, -0.15) is 0 Å². The molecule has 1 aromatic heterocycles. The molecule has 0 fully saturated rings. The van der Waals surface area contributed by atoms with Crippen molar-refractivity contribution in [2.24, 2.45) is 5.73 Å². The second kappa shape index (κ2) is 5.95. The van der Waals surface area contributed by atoms with Crippen LogP contribution in [0.25, 0.3) is 10.9 Å². The number of hydrogen-bond acceptors (Lipinski definition) is 3. The lowest BCUT2D eigenvalue weighted by atomic mass is 10.1. The van der Waals surface area contributed by atoms with E-state index in [1.165, 1.54) is 0 Å². The van der Waals surface area contributed by atoms with E-state index in [2.05, 4.69) is 10.3 Å². The molecule has 0 aliphatic rings. The van der Waals surface area contributed by atoms with Gasteiger partial charge in [-0.15, -0.1) is 0 Å². The number of anilines is 1. The van der Waals surface area contributed by atoms with Crippen LogP contribution in [0.4, 0.5) is 5.69 Å². The number of benzene rings is 2. The number of pyridine rings is 1. The first-order valence-electron chi connectivity index (χ1n) is 7.14. The van der Waals surface area contributed by atoms with Crippen molar-refractivity contribution in [2.75, 3.05) is 5.32 Å². The van der Waals surface area contributed by atoms with Gasteiger partial charge in [0.1, 0.15) is 0 Å². The fraction of sp³-hybridized carbons (Fsp3) is 0.111. The highest BCUT2D eigenvalue weighted by Gasteiger charge is 2.12. The van der Waals surface area contributed by atoms with E-state index in [9.17, 15) is 4.79 Å². The molecule has 1 amide bonds. The van der Waals surface area contributed by atoms with Gasteiger partial charge in [0, 0.05) is 23.3 Å². The van der Waals surface area contributed by atoms with Crippen molar-refractivity contribution in [3.8, 4) is 0 Å². The maximum Gasteiger partial charge on any atom is 0.256 e. The molecule has 4 nitrogen and oxygen atoms in total. The molecule has 110 valence electrons. The zero-order valence-corrected chi connectivity index (χ0v) is 12.3. The third-order valence-corrected chi connectivity index (χ3v) is 3.51. The molecule has 0 saturated heterocycles. The van der Waals surface area contributed by atoms with Crippen molar-refractivity contribution < 1.29 is 4.79 Å². The fourth-order valence-corrected chi connectivity index (χ4v) is 2.47. The van der Waals surface area contributed by atoms with Crippen LogP contribution in [0.3, 0.4) is 0 Å². The molecule has 3 rings (SSSR count). The van der Waals surface area contributed by atoms with Gasteiger partial charge in [-0.3, -0.25) is 9.78 Å². The van der Waals surface area contributed by atoms with Gasteiger partial charge >= 0.3 is 0 Å². The molecule has 0 saturated carbocycles. The van der Waals surface area contributed by atoms with Crippen LogP contribution < -0.4 is 11.1 Å².